The number of hydrogen-bond acceptors (Lipinski definition) is 7. The molecule has 3 rings (SSSR count). The van der Waals surface area contributed by atoms with E-state index in [1.807, 2.05) is 0 Å². The predicted molar refractivity (Wildman–Crippen MR) is 87.1 cm³/mol. The summed E-state index contributed by atoms with van der Waals surface area (Å²) in [6.07, 6.45) is 3.43. The van der Waals surface area contributed by atoms with Gasteiger partial charge in [0.05, 0.1) is 13.2 Å². The van der Waals surface area contributed by atoms with E-state index in [4.69, 9.17) is 9.26 Å². The largest absolute Gasteiger partial charge is 0.384 e. The van der Waals surface area contributed by atoms with Crippen LogP contribution < -0.4 is 0 Å². The smallest absolute Gasteiger partial charge is 0.240 e. The van der Waals surface area contributed by atoms with Gasteiger partial charge in [0.2, 0.25) is 5.89 Å². The number of hydrogen-bond donors (Lipinski definition) is 0. The summed E-state index contributed by atoms with van der Waals surface area (Å²) in [4.78, 5) is 9.53. The van der Waals surface area contributed by atoms with E-state index < -0.39 is 0 Å². The summed E-state index contributed by atoms with van der Waals surface area (Å²) in [5.74, 6) is 4.14. The monoisotopic (exact) mass is 326 g/mol. The standard InChI is InChI=1S/C15H26N4O2S/c1-20-9-2-14-16-15(21-17-14)12-18-5-7-19(8-6-18)13-3-10-22-11-4-13/h13H,2-12H2,1H3. The van der Waals surface area contributed by atoms with Gasteiger partial charge in [-0.15, -0.1) is 0 Å². The van der Waals surface area contributed by atoms with Crippen molar-refractivity contribution in [3.8, 4) is 0 Å². The van der Waals surface area contributed by atoms with Crippen LogP contribution in [-0.4, -0.2) is 77.4 Å². The number of ether oxygens (including phenoxy) is 1. The molecule has 0 aromatic carbocycles. The van der Waals surface area contributed by atoms with Crippen molar-refractivity contribution in [1.82, 2.24) is 19.9 Å². The van der Waals surface area contributed by atoms with Gasteiger partial charge in [-0.3, -0.25) is 9.80 Å². The molecule has 2 aliphatic rings. The molecule has 124 valence electrons. The van der Waals surface area contributed by atoms with E-state index in [2.05, 4.69) is 31.7 Å². The Balaban J connectivity index is 1.42. The zero-order chi connectivity index (χ0) is 15.2. The van der Waals surface area contributed by atoms with Gasteiger partial charge in [-0.2, -0.15) is 16.7 Å². The Labute approximate surface area is 136 Å². The highest BCUT2D eigenvalue weighted by molar-refractivity contribution is 7.99. The first-order valence-corrected chi connectivity index (χ1v) is 9.35. The van der Waals surface area contributed by atoms with E-state index in [-0.39, 0.29) is 0 Å². The second-order valence-electron chi connectivity index (χ2n) is 6.00. The van der Waals surface area contributed by atoms with E-state index in [0.717, 1.165) is 37.4 Å². The van der Waals surface area contributed by atoms with Crippen molar-refractivity contribution in [3.63, 3.8) is 0 Å². The Kier molecular flexibility index (Phi) is 6.12. The van der Waals surface area contributed by atoms with Crippen LogP contribution in [0.1, 0.15) is 24.6 Å². The first-order valence-electron chi connectivity index (χ1n) is 8.19. The summed E-state index contributed by atoms with van der Waals surface area (Å²) >= 11 is 2.10. The summed E-state index contributed by atoms with van der Waals surface area (Å²) in [5.41, 5.74) is 0. The number of rotatable bonds is 6. The molecule has 0 radical (unpaired) electrons. The maximum Gasteiger partial charge on any atom is 0.240 e. The molecule has 22 heavy (non-hydrogen) atoms. The molecule has 0 unspecified atom stereocenters. The topological polar surface area (TPSA) is 54.6 Å². The lowest BCUT2D eigenvalue weighted by Gasteiger charge is -2.40. The van der Waals surface area contributed by atoms with Crippen LogP contribution in [0.15, 0.2) is 4.52 Å². The number of methoxy groups -OCH3 is 1. The molecular formula is C15H26N4O2S. The summed E-state index contributed by atoms with van der Waals surface area (Å²) in [5, 5.41) is 4.00. The van der Waals surface area contributed by atoms with Gasteiger partial charge in [-0.25, -0.2) is 0 Å². The molecule has 6 nitrogen and oxygen atoms in total. The molecule has 0 saturated carbocycles. The van der Waals surface area contributed by atoms with Crippen molar-refractivity contribution in [1.29, 1.82) is 0 Å². The quantitative estimate of drug-likeness (QED) is 0.780. The molecule has 3 heterocycles. The molecule has 0 atom stereocenters. The normalized spacial score (nSPS) is 22.2. The Morgan fingerprint density at radius 3 is 2.73 bits per heavy atom. The van der Waals surface area contributed by atoms with Crippen molar-refractivity contribution >= 4 is 11.8 Å². The molecule has 0 N–H and O–H groups in total. The van der Waals surface area contributed by atoms with Crippen LogP contribution >= 0.6 is 11.8 Å². The van der Waals surface area contributed by atoms with Crippen molar-refractivity contribution in [2.45, 2.75) is 31.8 Å². The van der Waals surface area contributed by atoms with Gasteiger partial charge in [0.1, 0.15) is 0 Å². The van der Waals surface area contributed by atoms with Gasteiger partial charge < -0.3 is 9.26 Å². The van der Waals surface area contributed by atoms with E-state index in [1.165, 1.54) is 37.4 Å². The third kappa shape index (κ3) is 4.44. The van der Waals surface area contributed by atoms with Crippen molar-refractivity contribution in [2.24, 2.45) is 0 Å². The Hall–Kier alpha value is -0.630. The Morgan fingerprint density at radius 2 is 2.00 bits per heavy atom. The van der Waals surface area contributed by atoms with Crippen LogP contribution in [-0.2, 0) is 17.7 Å². The van der Waals surface area contributed by atoms with Crippen LogP contribution in [0.5, 0.6) is 0 Å². The number of aromatic nitrogens is 2. The highest BCUT2D eigenvalue weighted by Crippen LogP contribution is 2.22. The lowest BCUT2D eigenvalue weighted by atomic mass is 10.1. The molecule has 2 aliphatic heterocycles. The van der Waals surface area contributed by atoms with E-state index in [1.54, 1.807) is 7.11 Å². The molecule has 0 amide bonds. The minimum Gasteiger partial charge on any atom is -0.384 e. The molecule has 1 aromatic heterocycles. The van der Waals surface area contributed by atoms with Gasteiger partial charge in [0.25, 0.3) is 0 Å². The number of nitrogens with zero attached hydrogens (tertiary/aromatic N) is 4. The predicted octanol–water partition coefficient (Wildman–Crippen LogP) is 1.27. The molecule has 2 saturated heterocycles. The van der Waals surface area contributed by atoms with Gasteiger partial charge in [-0.05, 0) is 24.3 Å². The molecule has 0 bridgehead atoms. The third-order valence-corrected chi connectivity index (χ3v) is 5.56. The molecule has 0 aliphatic carbocycles. The lowest BCUT2D eigenvalue weighted by Crippen LogP contribution is -2.50. The van der Waals surface area contributed by atoms with Gasteiger partial charge in [-0.1, -0.05) is 5.16 Å². The first kappa shape index (κ1) is 16.2. The fraction of sp³-hybridized carbons (Fsp3) is 0.867. The molecular weight excluding hydrogens is 300 g/mol. The Morgan fingerprint density at radius 1 is 1.23 bits per heavy atom. The average molecular weight is 326 g/mol. The summed E-state index contributed by atoms with van der Waals surface area (Å²) in [7, 11) is 1.69. The van der Waals surface area contributed by atoms with E-state index >= 15 is 0 Å². The number of piperazine rings is 1. The van der Waals surface area contributed by atoms with Crippen molar-refractivity contribution in [2.75, 3.05) is 51.4 Å². The zero-order valence-electron chi connectivity index (χ0n) is 13.4. The minimum absolute atomic E-state index is 0.636. The fourth-order valence-electron chi connectivity index (χ4n) is 3.18. The number of thioether (sulfide) groups is 1. The van der Waals surface area contributed by atoms with Gasteiger partial charge in [0, 0.05) is 45.8 Å². The highest BCUT2D eigenvalue weighted by atomic mass is 32.2. The molecule has 7 heteroatoms. The Bertz CT molecular complexity index is 443. The summed E-state index contributed by atoms with van der Waals surface area (Å²) < 4.78 is 10.4. The zero-order valence-corrected chi connectivity index (χ0v) is 14.2. The molecule has 1 aromatic rings. The van der Waals surface area contributed by atoms with Crippen molar-refractivity contribution < 1.29 is 9.26 Å². The van der Waals surface area contributed by atoms with Crippen LogP contribution in [0.25, 0.3) is 0 Å². The maximum atomic E-state index is 5.33. The van der Waals surface area contributed by atoms with Crippen LogP contribution in [0.4, 0.5) is 0 Å². The van der Waals surface area contributed by atoms with Crippen LogP contribution in [0.2, 0.25) is 0 Å². The second-order valence-corrected chi connectivity index (χ2v) is 7.23. The fourth-order valence-corrected chi connectivity index (χ4v) is 4.26. The summed E-state index contributed by atoms with van der Waals surface area (Å²) in [6, 6.07) is 0.812. The summed E-state index contributed by atoms with van der Waals surface area (Å²) in [6.45, 7) is 5.94. The second kappa shape index (κ2) is 8.29. The SMILES string of the molecule is COCCc1noc(CN2CCN(C3CCSCC3)CC2)n1. The van der Waals surface area contributed by atoms with Gasteiger partial charge in [0.15, 0.2) is 5.82 Å². The van der Waals surface area contributed by atoms with Crippen LogP contribution in [0, 0.1) is 0 Å². The highest BCUT2D eigenvalue weighted by Gasteiger charge is 2.25. The first-order chi connectivity index (χ1) is 10.8. The molecule has 0 spiro atoms. The van der Waals surface area contributed by atoms with E-state index in [9.17, 15) is 0 Å². The van der Waals surface area contributed by atoms with Gasteiger partial charge >= 0.3 is 0 Å². The third-order valence-electron chi connectivity index (χ3n) is 4.51. The lowest BCUT2D eigenvalue weighted by molar-refractivity contribution is 0.0816. The minimum atomic E-state index is 0.636. The maximum absolute atomic E-state index is 5.33. The van der Waals surface area contributed by atoms with E-state index in [0.29, 0.717) is 13.0 Å². The van der Waals surface area contributed by atoms with Crippen molar-refractivity contribution in [3.05, 3.63) is 11.7 Å². The average Bonchev–Trinajstić information content (AvgIpc) is 3.02. The molecule has 2 fully saturated rings. The van der Waals surface area contributed by atoms with Crippen LogP contribution in [0.3, 0.4) is 0 Å².